The Labute approximate surface area is 150 Å². The molecule has 128 valence electrons. The van der Waals surface area contributed by atoms with Crippen LogP contribution in [0.4, 0.5) is 5.69 Å². The number of cyclic esters (lactones) is 1. The van der Waals surface area contributed by atoms with Crippen molar-refractivity contribution in [3.8, 4) is 11.3 Å². The molecule has 1 aromatic heterocycles. The molecular weight excluding hydrogens is 328 g/mol. The maximum atomic E-state index is 12.7. The van der Waals surface area contributed by atoms with Crippen LogP contribution >= 0.6 is 0 Å². The molecule has 0 bridgehead atoms. The minimum Gasteiger partial charge on any atom is -0.448 e. The molecule has 2 aromatic carbocycles. The molecule has 0 aliphatic carbocycles. The van der Waals surface area contributed by atoms with Gasteiger partial charge < -0.3 is 10.1 Å². The Morgan fingerprint density at radius 3 is 2.62 bits per heavy atom. The third-order valence-corrected chi connectivity index (χ3v) is 4.30. The molecule has 5 heteroatoms. The van der Waals surface area contributed by atoms with Crippen LogP contribution in [0.15, 0.2) is 72.9 Å². The van der Waals surface area contributed by atoms with E-state index in [4.69, 9.17) is 4.74 Å². The van der Waals surface area contributed by atoms with E-state index < -0.39 is 12.1 Å². The van der Waals surface area contributed by atoms with E-state index in [-0.39, 0.29) is 5.91 Å². The van der Waals surface area contributed by atoms with Gasteiger partial charge in [0.25, 0.3) is 5.91 Å². The Kier molecular flexibility index (Phi) is 4.19. The number of amides is 1. The quantitative estimate of drug-likeness (QED) is 0.739. The van der Waals surface area contributed by atoms with Crippen LogP contribution in [0, 0.1) is 0 Å². The van der Waals surface area contributed by atoms with Gasteiger partial charge in [0.15, 0.2) is 6.10 Å². The fourth-order valence-corrected chi connectivity index (χ4v) is 3.02. The zero-order valence-electron chi connectivity index (χ0n) is 13.9. The lowest BCUT2D eigenvalue weighted by Gasteiger charge is -2.24. The summed E-state index contributed by atoms with van der Waals surface area (Å²) in [5.74, 6) is -0.834. The average Bonchev–Trinajstić information content (AvgIpc) is 2.69. The number of nitrogens with one attached hydrogen (secondary N) is 1. The van der Waals surface area contributed by atoms with Gasteiger partial charge in [-0.05, 0) is 23.8 Å². The summed E-state index contributed by atoms with van der Waals surface area (Å²) < 4.78 is 5.32. The first-order valence-corrected chi connectivity index (χ1v) is 8.32. The van der Waals surface area contributed by atoms with Crippen molar-refractivity contribution in [2.24, 2.45) is 0 Å². The molecule has 26 heavy (non-hydrogen) atoms. The number of ether oxygens (including phenoxy) is 1. The van der Waals surface area contributed by atoms with Gasteiger partial charge in [-0.2, -0.15) is 0 Å². The van der Waals surface area contributed by atoms with E-state index in [9.17, 15) is 9.59 Å². The summed E-state index contributed by atoms with van der Waals surface area (Å²) in [6.45, 7) is 0. The molecule has 0 unspecified atom stereocenters. The summed E-state index contributed by atoms with van der Waals surface area (Å²) in [5, 5.41) is 2.85. The maximum absolute atomic E-state index is 12.7. The van der Waals surface area contributed by atoms with Crippen LogP contribution in [0.3, 0.4) is 0 Å². The Morgan fingerprint density at radius 2 is 1.77 bits per heavy atom. The van der Waals surface area contributed by atoms with Crippen LogP contribution in [0.25, 0.3) is 11.3 Å². The smallest absolute Gasteiger partial charge is 0.339 e. The van der Waals surface area contributed by atoms with Crippen LogP contribution in [0.1, 0.15) is 15.9 Å². The number of nitrogens with zero attached hydrogens (tertiary/aromatic N) is 1. The third-order valence-electron chi connectivity index (χ3n) is 4.30. The first kappa shape index (κ1) is 16.0. The fraction of sp³-hybridized carbons (Fsp3) is 0.0952. The number of benzene rings is 2. The monoisotopic (exact) mass is 344 g/mol. The van der Waals surface area contributed by atoms with E-state index in [1.807, 2.05) is 42.5 Å². The first-order valence-electron chi connectivity index (χ1n) is 8.32. The van der Waals surface area contributed by atoms with Crippen LogP contribution in [0.2, 0.25) is 0 Å². The van der Waals surface area contributed by atoms with Gasteiger partial charge in [0.1, 0.15) is 0 Å². The molecule has 1 N–H and O–H groups in total. The summed E-state index contributed by atoms with van der Waals surface area (Å²) in [6.07, 6.45) is 1.17. The molecule has 0 radical (unpaired) electrons. The summed E-state index contributed by atoms with van der Waals surface area (Å²) in [6, 6.07) is 20.3. The Balaban J connectivity index is 1.58. The molecule has 0 saturated carbocycles. The number of hydrogen-bond acceptors (Lipinski definition) is 4. The van der Waals surface area contributed by atoms with E-state index in [0.29, 0.717) is 23.4 Å². The molecule has 0 saturated heterocycles. The molecule has 4 rings (SSSR count). The SMILES string of the molecule is O=C1O[C@H](C(=O)Nc2cccnc2-c2ccccc2)Cc2ccccc21. The van der Waals surface area contributed by atoms with E-state index in [1.165, 1.54) is 0 Å². The van der Waals surface area contributed by atoms with Gasteiger partial charge in [-0.25, -0.2) is 4.79 Å². The van der Waals surface area contributed by atoms with Crippen molar-refractivity contribution in [3.63, 3.8) is 0 Å². The Hall–Kier alpha value is -3.47. The number of carbonyl (C=O) groups excluding carboxylic acids is 2. The number of pyridine rings is 1. The molecule has 3 aromatic rings. The minimum atomic E-state index is -0.860. The van der Waals surface area contributed by atoms with Gasteiger partial charge in [0.2, 0.25) is 0 Å². The van der Waals surface area contributed by atoms with Crippen LogP contribution in [0.5, 0.6) is 0 Å². The number of esters is 1. The van der Waals surface area contributed by atoms with E-state index in [2.05, 4.69) is 10.3 Å². The van der Waals surface area contributed by atoms with Crippen molar-refractivity contribution >= 4 is 17.6 Å². The van der Waals surface area contributed by atoms with Crippen molar-refractivity contribution in [1.82, 2.24) is 4.98 Å². The standard InChI is InChI=1S/C21H16N2O3/c24-20(18-13-15-9-4-5-10-16(15)21(25)26-18)23-17-11-6-12-22-19(17)14-7-2-1-3-8-14/h1-12,18H,13H2,(H,23,24)/t18-/m0/s1. The summed E-state index contributed by atoms with van der Waals surface area (Å²) in [5.41, 5.74) is 3.48. The average molecular weight is 344 g/mol. The highest BCUT2D eigenvalue weighted by Gasteiger charge is 2.31. The lowest BCUT2D eigenvalue weighted by atomic mass is 9.98. The largest absolute Gasteiger partial charge is 0.448 e. The first-order chi connectivity index (χ1) is 12.7. The number of anilines is 1. The fourth-order valence-electron chi connectivity index (χ4n) is 3.02. The topological polar surface area (TPSA) is 68.3 Å². The number of carbonyl (C=O) groups is 2. The Morgan fingerprint density at radius 1 is 1.00 bits per heavy atom. The van der Waals surface area contributed by atoms with E-state index >= 15 is 0 Å². The molecule has 1 aliphatic heterocycles. The van der Waals surface area contributed by atoms with Crippen molar-refractivity contribution < 1.29 is 14.3 Å². The number of rotatable bonds is 3. The molecule has 1 amide bonds. The van der Waals surface area contributed by atoms with Gasteiger partial charge in [-0.3, -0.25) is 9.78 Å². The second-order valence-corrected chi connectivity index (χ2v) is 6.01. The summed E-state index contributed by atoms with van der Waals surface area (Å²) >= 11 is 0. The summed E-state index contributed by atoms with van der Waals surface area (Å²) in [7, 11) is 0. The molecule has 1 aliphatic rings. The highest BCUT2D eigenvalue weighted by atomic mass is 16.5. The van der Waals surface area contributed by atoms with Crippen molar-refractivity contribution in [1.29, 1.82) is 0 Å². The molecule has 0 spiro atoms. The van der Waals surface area contributed by atoms with Crippen LogP contribution in [-0.4, -0.2) is 23.0 Å². The number of fused-ring (bicyclic) bond motifs is 1. The minimum absolute atomic E-state index is 0.356. The Bertz CT molecular complexity index is 970. The predicted octanol–water partition coefficient (Wildman–Crippen LogP) is 3.47. The van der Waals surface area contributed by atoms with Gasteiger partial charge in [0, 0.05) is 18.2 Å². The van der Waals surface area contributed by atoms with Gasteiger partial charge in [0.05, 0.1) is 16.9 Å². The highest BCUT2D eigenvalue weighted by molar-refractivity contribution is 6.01. The lowest BCUT2D eigenvalue weighted by molar-refractivity contribution is -0.125. The van der Waals surface area contributed by atoms with Gasteiger partial charge in [-0.1, -0.05) is 48.5 Å². The van der Waals surface area contributed by atoms with Crippen molar-refractivity contribution in [2.45, 2.75) is 12.5 Å². The second kappa shape index (κ2) is 6.80. The predicted molar refractivity (Wildman–Crippen MR) is 97.7 cm³/mol. The van der Waals surface area contributed by atoms with Crippen LogP contribution < -0.4 is 5.32 Å². The van der Waals surface area contributed by atoms with Crippen molar-refractivity contribution in [3.05, 3.63) is 84.1 Å². The van der Waals surface area contributed by atoms with Gasteiger partial charge >= 0.3 is 5.97 Å². The second-order valence-electron chi connectivity index (χ2n) is 6.01. The number of hydrogen-bond donors (Lipinski definition) is 1. The maximum Gasteiger partial charge on any atom is 0.339 e. The zero-order valence-corrected chi connectivity index (χ0v) is 13.9. The number of aromatic nitrogens is 1. The molecule has 1 atom stereocenters. The zero-order chi connectivity index (χ0) is 17.9. The molecular formula is C21H16N2O3. The van der Waals surface area contributed by atoms with E-state index in [1.54, 1.807) is 30.5 Å². The normalized spacial score (nSPS) is 15.7. The third kappa shape index (κ3) is 3.07. The molecule has 0 fully saturated rings. The molecule has 5 nitrogen and oxygen atoms in total. The van der Waals surface area contributed by atoms with Gasteiger partial charge in [-0.15, -0.1) is 0 Å². The van der Waals surface area contributed by atoms with E-state index in [0.717, 1.165) is 11.1 Å². The van der Waals surface area contributed by atoms with Crippen molar-refractivity contribution in [2.75, 3.05) is 5.32 Å². The van der Waals surface area contributed by atoms with Crippen LogP contribution in [-0.2, 0) is 16.0 Å². The molecule has 2 heterocycles. The lowest BCUT2D eigenvalue weighted by Crippen LogP contribution is -2.38. The summed E-state index contributed by atoms with van der Waals surface area (Å²) in [4.78, 5) is 29.2. The highest BCUT2D eigenvalue weighted by Crippen LogP contribution is 2.26.